The number of amidine groups is 1. The Hall–Kier alpha value is -4.35. The summed E-state index contributed by atoms with van der Waals surface area (Å²) in [4.78, 5) is 13.4. The number of amides is 1. The van der Waals surface area contributed by atoms with Gasteiger partial charge < -0.3 is 20.5 Å². The van der Waals surface area contributed by atoms with Gasteiger partial charge in [-0.15, -0.1) is 11.3 Å². The van der Waals surface area contributed by atoms with Crippen molar-refractivity contribution in [3.05, 3.63) is 107 Å². The van der Waals surface area contributed by atoms with Gasteiger partial charge in [-0.1, -0.05) is 42.5 Å². The summed E-state index contributed by atoms with van der Waals surface area (Å²) in [6.07, 6.45) is 0. The second kappa shape index (κ2) is 11.8. The average Bonchev–Trinajstić information content (AvgIpc) is 3.47. The number of nitrogens with two attached hydrogens (primary N) is 1. The predicted molar refractivity (Wildman–Crippen MR) is 147 cm³/mol. The smallest absolute Gasteiger partial charge is 0.273 e. The first-order chi connectivity index (χ1) is 18.3. The molecule has 0 aliphatic heterocycles. The van der Waals surface area contributed by atoms with Crippen molar-refractivity contribution in [2.75, 3.05) is 12.4 Å². The van der Waals surface area contributed by atoms with Crippen LogP contribution in [0.3, 0.4) is 0 Å². The van der Waals surface area contributed by atoms with E-state index in [4.69, 9.17) is 20.6 Å². The quantitative estimate of drug-likeness (QED) is 0.161. The number of hydrogen-bond acceptors (Lipinski definition) is 8. The third kappa shape index (κ3) is 6.50. The fourth-order valence-electron chi connectivity index (χ4n) is 3.59. The van der Waals surface area contributed by atoms with Crippen LogP contribution in [0.2, 0.25) is 0 Å². The molecule has 1 aromatic heterocycles. The van der Waals surface area contributed by atoms with Gasteiger partial charge in [0, 0.05) is 11.3 Å². The van der Waals surface area contributed by atoms with E-state index in [1.807, 2.05) is 30.3 Å². The minimum atomic E-state index is -4.06. The molecule has 0 aliphatic carbocycles. The maximum atomic E-state index is 13.4. The van der Waals surface area contributed by atoms with E-state index < -0.39 is 22.0 Å². The molecular weight excluding hydrogens is 524 g/mol. The zero-order valence-electron chi connectivity index (χ0n) is 20.4. The van der Waals surface area contributed by atoms with Crippen LogP contribution in [0, 0.1) is 5.41 Å². The average molecular weight is 551 g/mol. The van der Waals surface area contributed by atoms with E-state index in [-0.39, 0.29) is 10.0 Å². The van der Waals surface area contributed by atoms with E-state index in [0.29, 0.717) is 34.9 Å². The lowest BCUT2D eigenvalue weighted by Gasteiger charge is -2.21. The number of ether oxygens (including phenoxy) is 2. The molecule has 4 aromatic rings. The molecule has 9 nitrogen and oxygen atoms in total. The highest BCUT2D eigenvalue weighted by Crippen LogP contribution is 2.33. The van der Waals surface area contributed by atoms with Gasteiger partial charge >= 0.3 is 0 Å². The van der Waals surface area contributed by atoms with Gasteiger partial charge in [0.2, 0.25) is 0 Å². The van der Waals surface area contributed by atoms with Crippen LogP contribution in [0.25, 0.3) is 0 Å². The molecule has 1 heterocycles. The minimum absolute atomic E-state index is 0.0256. The summed E-state index contributed by atoms with van der Waals surface area (Å²) in [5.41, 5.74) is 7.99. The molecule has 3 aromatic carbocycles. The predicted octanol–water partition coefficient (Wildman–Crippen LogP) is 4.28. The van der Waals surface area contributed by atoms with Gasteiger partial charge in [-0.2, -0.15) is 0 Å². The Morgan fingerprint density at radius 3 is 2.37 bits per heavy atom. The molecule has 0 radical (unpaired) electrons. The van der Waals surface area contributed by atoms with E-state index in [1.165, 1.54) is 13.2 Å². The van der Waals surface area contributed by atoms with E-state index in [0.717, 1.165) is 16.9 Å². The fourth-order valence-corrected chi connectivity index (χ4v) is 5.58. The molecule has 0 spiro atoms. The molecule has 0 aliphatic rings. The number of thiophene rings is 1. The van der Waals surface area contributed by atoms with Crippen molar-refractivity contribution in [3.63, 3.8) is 0 Å². The molecule has 0 saturated heterocycles. The Bertz CT molecular complexity index is 1510. The van der Waals surface area contributed by atoms with Crippen LogP contribution in [0.5, 0.6) is 11.5 Å². The number of anilines is 1. The van der Waals surface area contributed by atoms with Gasteiger partial charge in [0.1, 0.15) is 22.7 Å². The van der Waals surface area contributed by atoms with Crippen LogP contribution in [-0.4, -0.2) is 27.3 Å². The standard InChI is InChI=1S/C27H26N4O5S2/c1-35-23-16-20(11-14-22(23)36-17-18-6-3-2-4-7-18)25(30-21-12-9-19(10-13-21)26(28)29)27(32)31-38(33,34)24-8-5-15-37-24/h2-16,25,30H,17H2,1H3,(H3,28,29)(H,31,32). The number of nitrogens with one attached hydrogen (secondary N) is 3. The van der Waals surface area contributed by atoms with Gasteiger partial charge in [-0.3, -0.25) is 10.2 Å². The van der Waals surface area contributed by atoms with Crippen LogP contribution in [0.4, 0.5) is 5.69 Å². The Kier molecular flexibility index (Phi) is 8.29. The minimum Gasteiger partial charge on any atom is -0.493 e. The third-order valence-corrected chi connectivity index (χ3v) is 8.27. The molecule has 0 saturated carbocycles. The molecule has 1 amide bonds. The summed E-state index contributed by atoms with van der Waals surface area (Å²) in [7, 11) is -2.58. The Morgan fingerprint density at radius 1 is 1.00 bits per heavy atom. The van der Waals surface area contributed by atoms with Crippen LogP contribution < -0.4 is 25.2 Å². The molecule has 0 bridgehead atoms. The van der Waals surface area contributed by atoms with Gasteiger partial charge in [0.05, 0.1) is 7.11 Å². The molecule has 4 rings (SSSR count). The second-order valence-corrected chi connectivity index (χ2v) is 11.0. The van der Waals surface area contributed by atoms with E-state index in [9.17, 15) is 13.2 Å². The molecule has 1 unspecified atom stereocenters. The highest BCUT2D eigenvalue weighted by molar-refractivity contribution is 7.92. The van der Waals surface area contributed by atoms with Crippen LogP contribution in [0.1, 0.15) is 22.7 Å². The molecule has 196 valence electrons. The first-order valence-electron chi connectivity index (χ1n) is 11.4. The Balaban J connectivity index is 1.63. The SMILES string of the molecule is COc1cc(C(Nc2ccc(C(=N)N)cc2)C(=O)NS(=O)(=O)c2cccs2)ccc1OCc1ccccc1. The third-order valence-electron chi connectivity index (χ3n) is 5.52. The van der Waals surface area contributed by atoms with E-state index in [2.05, 4.69) is 10.0 Å². The summed E-state index contributed by atoms with van der Waals surface area (Å²) < 4.78 is 39.2. The highest BCUT2D eigenvalue weighted by Gasteiger charge is 2.27. The lowest BCUT2D eigenvalue weighted by Crippen LogP contribution is -2.37. The van der Waals surface area contributed by atoms with Gasteiger partial charge in [0.15, 0.2) is 11.5 Å². The zero-order valence-corrected chi connectivity index (χ0v) is 22.0. The number of carbonyl (C=O) groups excluding carboxylic acids is 1. The first kappa shape index (κ1) is 26.7. The van der Waals surface area contributed by atoms with Crippen LogP contribution >= 0.6 is 11.3 Å². The van der Waals surface area contributed by atoms with Crippen molar-refractivity contribution in [3.8, 4) is 11.5 Å². The largest absolute Gasteiger partial charge is 0.493 e. The Morgan fingerprint density at radius 2 is 1.74 bits per heavy atom. The van der Waals surface area contributed by atoms with Crippen LogP contribution in [0.15, 0.2) is 94.5 Å². The lowest BCUT2D eigenvalue weighted by molar-refractivity contribution is -0.120. The number of nitrogen functional groups attached to an aromatic ring is 1. The summed E-state index contributed by atoms with van der Waals surface area (Å²) in [6.45, 7) is 0.320. The number of benzene rings is 3. The first-order valence-corrected chi connectivity index (χ1v) is 13.8. The molecule has 1 atom stereocenters. The normalized spacial score (nSPS) is 11.8. The van der Waals surface area contributed by atoms with E-state index >= 15 is 0 Å². The van der Waals surface area contributed by atoms with Gasteiger partial charge in [0.25, 0.3) is 15.9 Å². The lowest BCUT2D eigenvalue weighted by atomic mass is 10.0. The molecule has 0 fully saturated rings. The van der Waals surface area contributed by atoms with Crippen LogP contribution in [-0.2, 0) is 21.4 Å². The molecular formula is C27H26N4O5S2. The number of hydrogen-bond donors (Lipinski definition) is 4. The van der Waals surface area contributed by atoms with Gasteiger partial charge in [-0.25, -0.2) is 13.1 Å². The Labute approximate surface area is 224 Å². The van der Waals surface area contributed by atoms with Crippen molar-refractivity contribution in [2.45, 2.75) is 16.9 Å². The summed E-state index contributed by atoms with van der Waals surface area (Å²) >= 11 is 1.01. The number of carbonyl (C=O) groups is 1. The summed E-state index contributed by atoms with van der Waals surface area (Å²) in [5, 5.41) is 12.3. The fraction of sp³-hybridized carbons (Fsp3) is 0.111. The topological polar surface area (TPSA) is 144 Å². The maximum absolute atomic E-state index is 13.4. The van der Waals surface area contributed by atoms with Gasteiger partial charge in [-0.05, 0) is 59.0 Å². The monoisotopic (exact) mass is 550 g/mol. The molecule has 5 N–H and O–H groups in total. The summed E-state index contributed by atoms with van der Waals surface area (Å²) in [6, 6.07) is 23.1. The zero-order chi connectivity index (χ0) is 27.1. The van der Waals surface area contributed by atoms with E-state index in [1.54, 1.807) is 53.9 Å². The number of sulfonamides is 1. The van der Waals surface area contributed by atoms with Crippen molar-refractivity contribution in [1.29, 1.82) is 5.41 Å². The van der Waals surface area contributed by atoms with Crippen molar-refractivity contribution < 1.29 is 22.7 Å². The van der Waals surface area contributed by atoms with Crippen molar-refractivity contribution in [1.82, 2.24) is 4.72 Å². The van der Waals surface area contributed by atoms with Crippen molar-refractivity contribution >= 4 is 38.8 Å². The second-order valence-electron chi connectivity index (χ2n) is 8.15. The number of rotatable bonds is 11. The van der Waals surface area contributed by atoms with Crippen molar-refractivity contribution in [2.24, 2.45) is 5.73 Å². The molecule has 11 heteroatoms. The maximum Gasteiger partial charge on any atom is 0.273 e. The highest BCUT2D eigenvalue weighted by atomic mass is 32.2. The number of methoxy groups -OCH3 is 1. The summed E-state index contributed by atoms with van der Waals surface area (Å²) in [5.74, 6) is -0.0277. The molecule has 38 heavy (non-hydrogen) atoms.